The largest absolute Gasteiger partial charge is 1.00 e. The van der Waals surface area contributed by atoms with E-state index in [-0.39, 0.29) is 24.8 Å². The average Bonchev–Trinajstić information content (AvgIpc) is 3.71. The molecule has 2 nitrogen and oxygen atoms in total. The molecule has 0 saturated carbocycles. The zero-order valence-electron chi connectivity index (χ0n) is 21.0. The summed E-state index contributed by atoms with van der Waals surface area (Å²) in [5.41, 5.74) is 8.53. The van der Waals surface area contributed by atoms with Gasteiger partial charge >= 0.3 is 226 Å². The summed E-state index contributed by atoms with van der Waals surface area (Å²) < 4.78 is 5.66. The second-order valence-electron chi connectivity index (χ2n) is 10.0. The van der Waals surface area contributed by atoms with Gasteiger partial charge in [-0.25, -0.2) is 0 Å². The van der Waals surface area contributed by atoms with Crippen molar-refractivity contribution in [3.05, 3.63) is 144 Å². The van der Waals surface area contributed by atoms with Crippen molar-refractivity contribution < 1.29 is 44.0 Å². The number of nitrogens with zero attached hydrogens (tertiary/aromatic N) is 2. The van der Waals surface area contributed by atoms with Crippen LogP contribution in [0.2, 0.25) is 0 Å². The first-order valence-electron chi connectivity index (χ1n) is 12.8. The van der Waals surface area contributed by atoms with Crippen LogP contribution in [0.25, 0.3) is 45.1 Å². The fraction of sp³-hybridized carbons (Fsp3) is 0.0588. The van der Waals surface area contributed by atoms with Gasteiger partial charge in [0.2, 0.25) is 0 Å². The SMILES string of the molecule is C1=C(n2cc3ccccc3c2)[CH]([Ti+2][CH]2C(n3cc4ccccc4c3)=Cc3ccccc32)c2ccccc21.[Cl-].[Cl-]. The Labute approximate surface area is 249 Å². The fourth-order valence-electron chi connectivity index (χ4n) is 6.04. The van der Waals surface area contributed by atoms with Gasteiger partial charge in [0.25, 0.3) is 0 Å². The molecule has 0 fully saturated rings. The molecule has 188 valence electrons. The minimum atomic E-state index is -0.515. The van der Waals surface area contributed by atoms with Gasteiger partial charge in [0.1, 0.15) is 0 Å². The van der Waals surface area contributed by atoms with Gasteiger partial charge in [0.05, 0.1) is 0 Å². The Hall–Kier alpha value is -3.27. The van der Waals surface area contributed by atoms with Crippen LogP contribution in [0.3, 0.4) is 0 Å². The Morgan fingerprint density at radius 3 is 1.15 bits per heavy atom. The predicted octanol–water partition coefficient (Wildman–Crippen LogP) is 2.49. The van der Waals surface area contributed by atoms with Gasteiger partial charge < -0.3 is 24.8 Å². The maximum atomic E-state index is 2.43. The number of hydrogen-bond donors (Lipinski definition) is 0. The van der Waals surface area contributed by atoms with Crippen molar-refractivity contribution in [1.29, 1.82) is 0 Å². The van der Waals surface area contributed by atoms with Crippen LogP contribution in [0.4, 0.5) is 0 Å². The van der Waals surface area contributed by atoms with E-state index in [1.807, 2.05) is 0 Å². The van der Waals surface area contributed by atoms with Crippen molar-refractivity contribution in [2.24, 2.45) is 0 Å². The van der Waals surface area contributed by atoms with E-state index in [2.05, 4.69) is 143 Å². The van der Waals surface area contributed by atoms with Gasteiger partial charge in [-0.1, -0.05) is 0 Å². The van der Waals surface area contributed by atoms with Crippen molar-refractivity contribution in [1.82, 2.24) is 9.13 Å². The monoisotopic (exact) mass is 578 g/mol. The number of fused-ring (bicyclic) bond motifs is 4. The molecule has 39 heavy (non-hydrogen) atoms. The van der Waals surface area contributed by atoms with E-state index in [9.17, 15) is 0 Å². The number of rotatable bonds is 4. The van der Waals surface area contributed by atoms with Gasteiger partial charge in [0.15, 0.2) is 0 Å². The Bertz CT molecular complexity index is 1690. The summed E-state index contributed by atoms with van der Waals surface area (Å²) in [6.45, 7) is 0. The molecule has 0 spiro atoms. The number of benzene rings is 4. The maximum Gasteiger partial charge on any atom is -1.00 e. The Morgan fingerprint density at radius 1 is 0.436 bits per heavy atom. The smallest absolute Gasteiger partial charge is 1.00 e. The Kier molecular flexibility index (Phi) is 6.91. The molecule has 0 bridgehead atoms. The van der Waals surface area contributed by atoms with Crippen LogP contribution in [0, 0.1) is 0 Å². The second-order valence-corrected chi connectivity index (χ2v) is 12.3. The third-order valence-electron chi connectivity index (χ3n) is 7.85. The summed E-state index contributed by atoms with van der Waals surface area (Å²) in [6, 6.07) is 35.4. The zero-order chi connectivity index (χ0) is 24.3. The van der Waals surface area contributed by atoms with Crippen molar-refractivity contribution in [3.8, 4) is 0 Å². The Balaban J connectivity index is 0.00000138. The normalized spacial score (nSPS) is 17.0. The van der Waals surface area contributed by atoms with Gasteiger partial charge in [-0.3, -0.25) is 0 Å². The number of halogens is 2. The number of hydrogen-bond acceptors (Lipinski definition) is 0. The van der Waals surface area contributed by atoms with Gasteiger partial charge in [-0.2, -0.15) is 0 Å². The van der Waals surface area contributed by atoms with Crippen molar-refractivity contribution in [2.75, 3.05) is 0 Å². The van der Waals surface area contributed by atoms with Gasteiger partial charge in [-0.05, 0) is 0 Å². The summed E-state index contributed by atoms with van der Waals surface area (Å²) in [7, 11) is 0. The summed E-state index contributed by atoms with van der Waals surface area (Å²) >= 11 is -0.515. The molecule has 0 amide bonds. The van der Waals surface area contributed by atoms with E-state index in [0.29, 0.717) is 8.45 Å². The van der Waals surface area contributed by atoms with Crippen molar-refractivity contribution in [3.63, 3.8) is 0 Å². The number of allylic oxidation sites excluding steroid dienone is 2. The molecule has 2 aromatic heterocycles. The van der Waals surface area contributed by atoms with Crippen LogP contribution in [-0.2, 0) is 19.2 Å². The minimum absolute atomic E-state index is 0. The summed E-state index contributed by atoms with van der Waals surface area (Å²) in [6.07, 6.45) is 14.1. The average molecular weight is 579 g/mol. The first kappa shape index (κ1) is 26.0. The van der Waals surface area contributed by atoms with Crippen LogP contribution in [0.15, 0.2) is 122 Å². The van der Waals surface area contributed by atoms with E-state index >= 15 is 0 Å². The molecule has 0 N–H and O–H groups in total. The van der Waals surface area contributed by atoms with E-state index in [0.717, 1.165) is 0 Å². The van der Waals surface area contributed by atoms with Crippen LogP contribution < -0.4 is 24.8 Å². The van der Waals surface area contributed by atoms with Crippen LogP contribution in [-0.4, -0.2) is 9.13 Å². The van der Waals surface area contributed by atoms with Crippen LogP contribution in [0.5, 0.6) is 0 Å². The molecule has 0 radical (unpaired) electrons. The number of aromatic nitrogens is 2. The topological polar surface area (TPSA) is 9.86 Å². The van der Waals surface area contributed by atoms with Crippen molar-refractivity contribution in [2.45, 2.75) is 8.45 Å². The third kappa shape index (κ3) is 4.33. The standard InChI is InChI=1S/2C17H12N.2ClH.Ti/c2*1-2-6-14-10-17(9-13(14)5-1)18-11-15-7-3-4-8-16(15)12-18;;;/h2*1-12H;2*1H;/q;;;;+2/p-2. The molecular formula is C34H24Cl2N2Ti. The summed E-state index contributed by atoms with van der Waals surface area (Å²) in [5.74, 6) is 0. The summed E-state index contributed by atoms with van der Waals surface area (Å²) in [5, 5.41) is 5.18. The minimum Gasteiger partial charge on any atom is -1.00 e. The molecule has 8 rings (SSSR count). The first-order valence-corrected chi connectivity index (χ1v) is 14.6. The molecule has 5 heteroatoms. The molecule has 4 aromatic carbocycles. The molecule has 2 aliphatic rings. The molecule has 0 saturated heterocycles. The third-order valence-corrected chi connectivity index (χ3v) is 10.8. The first-order chi connectivity index (χ1) is 18.3. The molecular weight excluding hydrogens is 555 g/mol. The van der Waals surface area contributed by atoms with E-state index in [1.165, 1.54) is 55.2 Å². The van der Waals surface area contributed by atoms with Crippen LogP contribution in [0.1, 0.15) is 30.7 Å². The molecule has 2 heterocycles. The van der Waals surface area contributed by atoms with Gasteiger partial charge in [0, 0.05) is 0 Å². The molecule has 6 aromatic rings. The molecule has 2 aliphatic carbocycles. The summed E-state index contributed by atoms with van der Waals surface area (Å²) in [4.78, 5) is 0. The fourth-order valence-corrected chi connectivity index (χ4v) is 9.20. The zero-order valence-corrected chi connectivity index (χ0v) is 24.1. The molecule has 2 unspecified atom stereocenters. The quantitative estimate of drug-likeness (QED) is 0.285. The van der Waals surface area contributed by atoms with Crippen LogP contribution >= 0.6 is 0 Å². The van der Waals surface area contributed by atoms with Crippen molar-refractivity contribution >= 4 is 45.1 Å². The second kappa shape index (κ2) is 10.4. The van der Waals surface area contributed by atoms with Gasteiger partial charge in [-0.15, -0.1) is 0 Å². The van der Waals surface area contributed by atoms with E-state index < -0.39 is 19.2 Å². The van der Waals surface area contributed by atoms with E-state index in [4.69, 9.17) is 0 Å². The molecule has 0 aliphatic heterocycles. The predicted molar refractivity (Wildman–Crippen MR) is 151 cm³/mol. The maximum absolute atomic E-state index is 2.43. The van der Waals surface area contributed by atoms with E-state index in [1.54, 1.807) is 0 Å². The Morgan fingerprint density at radius 2 is 0.769 bits per heavy atom. The molecule has 2 atom stereocenters.